The summed E-state index contributed by atoms with van der Waals surface area (Å²) < 4.78 is 10.4. The summed E-state index contributed by atoms with van der Waals surface area (Å²) in [7, 11) is 0. The molecule has 4 atom stereocenters. The van der Waals surface area contributed by atoms with E-state index in [2.05, 4.69) is 6.92 Å². The van der Waals surface area contributed by atoms with E-state index in [0.29, 0.717) is 0 Å². The molecular weight excluding hydrogens is 196 g/mol. The van der Waals surface area contributed by atoms with Gasteiger partial charge in [0.05, 0.1) is 5.92 Å². The lowest BCUT2D eigenvalue weighted by Crippen LogP contribution is -2.25. The number of cyclic esters (lactones) is 1. The van der Waals surface area contributed by atoms with Crippen molar-refractivity contribution in [3.8, 4) is 0 Å². The summed E-state index contributed by atoms with van der Waals surface area (Å²) in [5.74, 6) is -1.23. The monoisotopic (exact) mass is 212 g/mol. The van der Waals surface area contributed by atoms with Crippen LogP contribution in [0.25, 0.3) is 0 Å². The van der Waals surface area contributed by atoms with E-state index in [1.165, 1.54) is 0 Å². The maximum Gasteiger partial charge on any atom is 0.314 e. The molecule has 0 N–H and O–H groups in total. The molecule has 0 aromatic heterocycles. The van der Waals surface area contributed by atoms with Crippen molar-refractivity contribution in [2.75, 3.05) is 0 Å². The Balaban J connectivity index is 2.07. The van der Waals surface area contributed by atoms with Gasteiger partial charge in [-0.05, 0) is 12.8 Å². The molecule has 84 valence electrons. The van der Waals surface area contributed by atoms with Crippen molar-refractivity contribution in [1.29, 1.82) is 0 Å². The number of rotatable bonds is 3. The van der Waals surface area contributed by atoms with Gasteiger partial charge in [0.1, 0.15) is 12.0 Å². The summed E-state index contributed by atoms with van der Waals surface area (Å²) in [6.45, 7) is 3.81. The maximum absolute atomic E-state index is 11.5. The van der Waals surface area contributed by atoms with Crippen LogP contribution in [-0.4, -0.2) is 24.1 Å². The number of hydrogen-bond donors (Lipinski definition) is 0. The van der Waals surface area contributed by atoms with Crippen LogP contribution in [0.5, 0.6) is 0 Å². The highest BCUT2D eigenvalue weighted by molar-refractivity contribution is 5.87. The summed E-state index contributed by atoms with van der Waals surface area (Å²) in [6, 6.07) is 0. The molecule has 0 unspecified atom stereocenters. The largest absolute Gasteiger partial charge is 0.458 e. The van der Waals surface area contributed by atoms with Crippen LogP contribution in [0.2, 0.25) is 0 Å². The van der Waals surface area contributed by atoms with Crippen molar-refractivity contribution in [2.24, 2.45) is 11.8 Å². The second-order valence-corrected chi connectivity index (χ2v) is 4.33. The number of ether oxygens (including phenoxy) is 2. The van der Waals surface area contributed by atoms with Gasteiger partial charge < -0.3 is 9.47 Å². The van der Waals surface area contributed by atoms with Crippen LogP contribution >= 0.6 is 0 Å². The zero-order chi connectivity index (χ0) is 11.0. The first kappa shape index (κ1) is 10.5. The number of carbonyl (C=O) groups excluding carboxylic acids is 2. The third-order valence-corrected chi connectivity index (χ3v) is 3.26. The van der Waals surface area contributed by atoms with E-state index in [-0.39, 0.29) is 36.0 Å². The van der Waals surface area contributed by atoms with E-state index in [0.717, 1.165) is 19.3 Å². The molecule has 2 aliphatic rings. The molecule has 2 rings (SSSR count). The van der Waals surface area contributed by atoms with Crippen LogP contribution in [0.15, 0.2) is 0 Å². The van der Waals surface area contributed by atoms with Gasteiger partial charge in [-0.3, -0.25) is 9.59 Å². The first-order valence-corrected chi connectivity index (χ1v) is 5.56. The van der Waals surface area contributed by atoms with Crippen LogP contribution in [0.3, 0.4) is 0 Å². The summed E-state index contributed by atoms with van der Waals surface area (Å²) in [6.07, 6.45) is 2.30. The number of hydrogen-bond acceptors (Lipinski definition) is 4. The van der Waals surface area contributed by atoms with Gasteiger partial charge in [-0.25, -0.2) is 0 Å². The molecule has 4 nitrogen and oxygen atoms in total. The van der Waals surface area contributed by atoms with Crippen molar-refractivity contribution in [3.63, 3.8) is 0 Å². The minimum absolute atomic E-state index is 0.212. The first-order chi connectivity index (χ1) is 7.15. The third-order valence-electron chi connectivity index (χ3n) is 3.26. The summed E-state index contributed by atoms with van der Waals surface area (Å²) in [5.41, 5.74) is 0. The summed E-state index contributed by atoms with van der Waals surface area (Å²) in [5, 5.41) is 0. The second-order valence-electron chi connectivity index (χ2n) is 4.33. The Morgan fingerprint density at radius 2 is 1.93 bits per heavy atom. The highest BCUT2D eigenvalue weighted by atomic mass is 16.6. The summed E-state index contributed by atoms with van der Waals surface area (Å²) in [4.78, 5) is 22.9. The Kier molecular flexibility index (Phi) is 2.67. The Morgan fingerprint density at radius 1 is 1.20 bits per heavy atom. The fourth-order valence-electron chi connectivity index (χ4n) is 2.31. The fraction of sp³-hybridized carbons (Fsp3) is 0.818. The molecule has 0 saturated carbocycles. The van der Waals surface area contributed by atoms with E-state index in [4.69, 9.17) is 9.47 Å². The molecule has 0 aromatic rings. The molecule has 2 saturated heterocycles. The zero-order valence-corrected chi connectivity index (χ0v) is 9.06. The van der Waals surface area contributed by atoms with Crippen molar-refractivity contribution < 1.29 is 19.1 Å². The molecular formula is C11H16O4. The molecule has 0 amide bonds. The van der Waals surface area contributed by atoms with Crippen molar-refractivity contribution in [2.45, 2.75) is 45.3 Å². The van der Waals surface area contributed by atoms with E-state index in [9.17, 15) is 9.59 Å². The van der Waals surface area contributed by atoms with Crippen molar-refractivity contribution >= 4 is 11.9 Å². The lowest BCUT2D eigenvalue weighted by molar-refractivity contribution is -0.155. The van der Waals surface area contributed by atoms with Gasteiger partial charge in [-0.2, -0.15) is 0 Å². The standard InChI is InChI=1S/C11H16O4/c1-3-4-5-7-9-8(11(13)14-7)6(2)10(12)15-9/h6-9H,3-5H2,1-2H3/t6-,7-,8-,9-/m1/s1. The highest BCUT2D eigenvalue weighted by Gasteiger charge is 2.56. The van der Waals surface area contributed by atoms with Crippen molar-refractivity contribution in [3.05, 3.63) is 0 Å². The SMILES string of the molecule is CCCC[C@H]1OC(=O)[C@H]2[C@@H]1OC(=O)[C@@H]2C. The van der Waals surface area contributed by atoms with E-state index >= 15 is 0 Å². The minimum atomic E-state index is -0.362. The third kappa shape index (κ3) is 1.62. The van der Waals surface area contributed by atoms with Gasteiger partial charge in [0.25, 0.3) is 0 Å². The molecule has 0 aliphatic carbocycles. The lowest BCUT2D eigenvalue weighted by Gasteiger charge is -2.14. The molecule has 0 bridgehead atoms. The number of esters is 2. The predicted molar refractivity (Wildman–Crippen MR) is 51.9 cm³/mol. The number of unbranched alkanes of at least 4 members (excludes halogenated alkanes) is 1. The average Bonchev–Trinajstić information content (AvgIpc) is 2.65. The van der Waals surface area contributed by atoms with E-state index < -0.39 is 0 Å². The van der Waals surface area contributed by atoms with Crippen LogP contribution < -0.4 is 0 Å². The Bertz CT molecular complexity index is 286. The quantitative estimate of drug-likeness (QED) is 0.661. The van der Waals surface area contributed by atoms with E-state index in [1.54, 1.807) is 6.92 Å². The first-order valence-electron chi connectivity index (χ1n) is 5.56. The van der Waals surface area contributed by atoms with Crippen LogP contribution in [0, 0.1) is 11.8 Å². The molecule has 15 heavy (non-hydrogen) atoms. The lowest BCUT2D eigenvalue weighted by atomic mass is 9.91. The number of fused-ring (bicyclic) bond motifs is 1. The molecule has 2 aliphatic heterocycles. The zero-order valence-electron chi connectivity index (χ0n) is 9.06. The summed E-state index contributed by atoms with van der Waals surface area (Å²) >= 11 is 0. The van der Waals surface area contributed by atoms with E-state index in [1.807, 2.05) is 0 Å². The van der Waals surface area contributed by atoms with Gasteiger partial charge >= 0.3 is 11.9 Å². The molecule has 0 radical (unpaired) electrons. The normalized spacial score (nSPS) is 38.8. The average molecular weight is 212 g/mol. The predicted octanol–water partition coefficient (Wildman–Crippen LogP) is 1.28. The van der Waals surface area contributed by atoms with Gasteiger partial charge in [-0.1, -0.05) is 20.3 Å². The molecule has 4 heteroatoms. The van der Waals surface area contributed by atoms with Crippen LogP contribution in [0.1, 0.15) is 33.1 Å². The van der Waals surface area contributed by atoms with Crippen LogP contribution in [-0.2, 0) is 19.1 Å². The molecule has 2 fully saturated rings. The second kappa shape index (κ2) is 3.83. The highest BCUT2D eigenvalue weighted by Crippen LogP contribution is 2.38. The molecule has 2 heterocycles. The smallest absolute Gasteiger partial charge is 0.314 e. The topological polar surface area (TPSA) is 52.6 Å². The Hall–Kier alpha value is -1.06. The Labute approximate surface area is 88.9 Å². The number of carbonyl (C=O) groups is 2. The minimum Gasteiger partial charge on any atom is -0.458 e. The van der Waals surface area contributed by atoms with Crippen molar-refractivity contribution in [1.82, 2.24) is 0 Å². The van der Waals surface area contributed by atoms with Gasteiger partial charge in [0, 0.05) is 0 Å². The molecule has 0 aromatic carbocycles. The van der Waals surface area contributed by atoms with Gasteiger partial charge in [0.15, 0.2) is 6.10 Å². The maximum atomic E-state index is 11.5. The van der Waals surface area contributed by atoms with Crippen LogP contribution in [0.4, 0.5) is 0 Å². The fourth-order valence-corrected chi connectivity index (χ4v) is 2.31. The van der Waals surface area contributed by atoms with Gasteiger partial charge in [0.2, 0.25) is 0 Å². The Morgan fingerprint density at radius 3 is 2.60 bits per heavy atom. The molecule has 0 spiro atoms. The van der Waals surface area contributed by atoms with Gasteiger partial charge in [-0.15, -0.1) is 0 Å².